The first kappa shape index (κ1) is 19.2. The Morgan fingerprint density at radius 1 is 1.38 bits per heavy atom. The molecule has 0 aliphatic carbocycles. The number of aromatic nitrogens is 3. The minimum atomic E-state index is -2.96. The summed E-state index contributed by atoms with van der Waals surface area (Å²) in [6.07, 6.45) is 2.40. The fourth-order valence-electron chi connectivity index (χ4n) is 3.44. The second-order valence-electron chi connectivity index (χ2n) is 6.74. The van der Waals surface area contributed by atoms with Crippen molar-refractivity contribution in [1.29, 1.82) is 0 Å². The molecular formula is C19H18F3N5O2. The van der Waals surface area contributed by atoms with Gasteiger partial charge in [-0.05, 0) is 30.7 Å². The van der Waals surface area contributed by atoms with Gasteiger partial charge in [0.1, 0.15) is 17.2 Å². The lowest BCUT2D eigenvalue weighted by Crippen LogP contribution is -2.27. The van der Waals surface area contributed by atoms with Crippen LogP contribution in [0.5, 0.6) is 0 Å². The maximum Gasteiger partial charge on any atom is 0.280 e. The van der Waals surface area contributed by atoms with Gasteiger partial charge >= 0.3 is 0 Å². The summed E-state index contributed by atoms with van der Waals surface area (Å²) >= 11 is 0. The number of hydrogen-bond donors (Lipinski definition) is 1. The van der Waals surface area contributed by atoms with Crippen LogP contribution in [0.25, 0.3) is 5.65 Å². The van der Waals surface area contributed by atoms with E-state index in [4.69, 9.17) is 4.84 Å². The molecule has 4 rings (SSSR count). The van der Waals surface area contributed by atoms with Crippen molar-refractivity contribution in [3.05, 3.63) is 59.7 Å². The Bertz CT molecular complexity index is 1060. The van der Waals surface area contributed by atoms with Gasteiger partial charge in [-0.25, -0.2) is 28.2 Å². The summed E-state index contributed by atoms with van der Waals surface area (Å²) in [5.74, 6) is -3.75. The number of carbonyl (C=O) groups is 1. The number of nitrogens with one attached hydrogen (secondary N) is 1. The van der Waals surface area contributed by atoms with Gasteiger partial charge in [0.15, 0.2) is 5.65 Å². The van der Waals surface area contributed by atoms with Crippen molar-refractivity contribution in [2.75, 3.05) is 18.1 Å². The molecule has 10 heteroatoms. The fraction of sp³-hybridized carbons (Fsp3) is 0.316. The lowest BCUT2D eigenvalue weighted by atomic mass is 10.0. The second-order valence-corrected chi connectivity index (χ2v) is 6.74. The third-order valence-corrected chi connectivity index (χ3v) is 4.71. The quantitative estimate of drug-likeness (QED) is 0.661. The average molecular weight is 405 g/mol. The van der Waals surface area contributed by atoms with Crippen LogP contribution in [0.4, 0.5) is 19.0 Å². The van der Waals surface area contributed by atoms with Crippen molar-refractivity contribution in [2.45, 2.75) is 25.3 Å². The van der Waals surface area contributed by atoms with Crippen molar-refractivity contribution in [3.63, 3.8) is 0 Å². The molecule has 1 amide bonds. The van der Waals surface area contributed by atoms with Crippen molar-refractivity contribution < 1.29 is 22.8 Å². The Hall–Kier alpha value is -3.14. The predicted molar refractivity (Wildman–Crippen MR) is 98.1 cm³/mol. The molecule has 29 heavy (non-hydrogen) atoms. The molecule has 1 saturated heterocycles. The van der Waals surface area contributed by atoms with Gasteiger partial charge in [-0.15, -0.1) is 0 Å². The zero-order valence-corrected chi connectivity index (χ0v) is 15.5. The summed E-state index contributed by atoms with van der Waals surface area (Å²) in [5, 5.41) is 4.05. The van der Waals surface area contributed by atoms with Crippen molar-refractivity contribution in [2.24, 2.45) is 0 Å². The van der Waals surface area contributed by atoms with E-state index in [1.165, 1.54) is 46.1 Å². The van der Waals surface area contributed by atoms with E-state index >= 15 is 0 Å². The molecule has 0 spiro atoms. The number of hydrogen-bond acceptors (Lipinski definition) is 5. The first-order valence-electron chi connectivity index (χ1n) is 9.04. The van der Waals surface area contributed by atoms with Crippen LogP contribution in [0, 0.1) is 5.82 Å². The molecule has 0 radical (unpaired) electrons. The highest BCUT2D eigenvalue weighted by molar-refractivity contribution is 5.99. The highest BCUT2D eigenvalue weighted by Crippen LogP contribution is 2.43. The molecule has 0 saturated carbocycles. The summed E-state index contributed by atoms with van der Waals surface area (Å²) in [6, 6.07) is 6.40. The number of amides is 1. The van der Waals surface area contributed by atoms with Crippen molar-refractivity contribution >= 4 is 17.4 Å². The number of benzene rings is 1. The number of halogens is 3. The molecule has 152 valence electrons. The fourth-order valence-corrected chi connectivity index (χ4v) is 3.44. The number of anilines is 1. The molecule has 1 N–H and O–H groups in total. The Labute approximate surface area is 164 Å². The summed E-state index contributed by atoms with van der Waals surface area (Å²) in [7, 11) is 0. The maximum atomic E-state index is 14.3. The first-order valence-corrected chi connectivity index (χ1v) is 9.04. The third kappa shape index (κ3) is 3.75. The highest BCUT2D eigenvalue weighted by Gasteiger charge is 2.46. The number of rotatable bonds is 5. The molecule has 1 atom stereocenters. The molecule has 1 fully saturated rings. The molecule has 3 aromatic rings. The molecule has 3 heterocycles. The van der Waals surface area contributed by atoms with Crippen LogP contribution < -0.4 is 10.4 Å². The topological polar surface area (TPSA) is 71.8 Å². The Kier molecular flexibility index (Phi) is 4.87. The van der Waals surface area contributed by atoms with Gasteiger partial charge < -0.3 is 4.90 Å². The molecule has 1 aromatic carbocycles. The zero-order valence-electron chi connectivity index (χ0n) is 15.5. The van der Waals surface area contributed by atoms with Gasteiger partial charge in [0.05, 0.1) is 25.4 Å². The van der Waals surface area contributed by atoms with Gasteiger partial charge in [-0.1, -0.05) is 12.1 Å². The van der Waals surface area contributed by atoms with E-state index in [9.17, 15) is 18.0 Å². The van der Waals surface area contributed by atoms with Gasteiger partial charge in [0, 0.05) is 12.6 Å². The Balaban J connectivity index is 1.73. The molecule has 7 nitrogen and oxygen atoms in total. The van der Waals surface area contributed by atoms with E-state index in [1.54, 1.807) is 13.0 Å². The number of hydroxylamine groups is 1. The normalized spacial score (nSPS) is 18.3. The van der Waals surface area contributed by atoms with Gasteiger partial charge in [0.2, 0.25) is 0 Å². The van der Waals surface area contributed by atoms with Crippen LogP contribution in [0.2, 0.25) is 0 Å². The van der Waals surface area contributed by atoms with E-state index in [0.717, 1.165) is 0 Å². The van der Waals surface area contributed by atoms with Crippen LogP contribution in [0.3, 0.4) is 0 Å². The highest BCUT2D eigenvalue weighted by atomic mass is 19.3. The van der Waals surface area contributed by atoms with Crippen LogP contribution in [-0.2, 0) is 4.84 Å². The first-order chi connectivity index (χ1) is 13.9. The summed E-state index contributed by atoms with van der Waals surface area (Å²) in [6.45, 7) is 1.43. The SMILES string of the molecule is CCONC(=O)c1cnn2ccc(N3CC(F)(F)C[C@@H]3c3cccc(F)c3)nc12. The van der Waals surface area contributed by atoms with Crippen LogP contribution in [-0.4, -0.2) is 39.6 Å². The zero-order chi connectivity index (χ0) is 20.6. The summed E-state index contributed by atoms with van der Waals surface area (Å²) in [5.41, 5.74) is 3.05. The number of nitrogens with zero attached hydrogens (tertiary/aromatic N) is 4. The number of carbonyl (C=O) groups excluding carboxylic acids is 1. The monoisotopic (exact) mass is 405 g/mol. The predicted octanol–water partition coefficient (Wildman–Crippen LogP) is 3.14. The van der Waals surface area contributed by atoms with E-state index in [0.29, 0.717) is 5.56 Å². The molecule has 0 bridgehead atoms. The standard InChI is InChI=1S/C19H18F3N5O2/c1-2-29-25-18(28)14-10-23-27-7-6-16(24-17(14)27)26-11-19(21,22)9-15(26)12-4-3-5-13(20)8-12/h3-8,10,15H,2,9,11H2,1H3,(H,25,28)/t15-/m1/s1. The van der Waals surface area contributed by atoms with E-state index in [2.05, 4.69) is 15.6 Å². The lowest BCUT2D eigenvalue weighted by molar-refractivity contribution is 0.0222. The lowest BCUT2D eigenvalue weighted by Gasteiger charge is -2.25. The molecule has 0 unspecified atom stereocenters. The van der Waals surface area contributed by atoms with Crippen LogP contribution in [0.1, 0.15) is 35.3 Å². The molecule has 1 aliphatic rings. The minimum Gasteiger partial charge on any atom is -0.343 e. The second kappa shape index (κ2) is 7.36. The van der Waals surface area contributed by atoms with E-state index < -0.39 is 36.7 Å². The van der Waals surface area contributed by atoms with Gasteiger partial charge in [-0.2, -0.15) is 5.10 Å². The van der Waals surface area contributed by atoms with Gasteiger partial charge in [-0.3, -0.25) is 9.63 Å². The summed E-state index contributed by atoms with van der Waals surface area (Å²) < 4.78 is 43.5. The third-order valence-electron chi connectivity index (χ3n) is 4.71. The maximum absolute atomic E-state index is 14.3. The minimum absolute atomic E-state index is 0.147. The average Bonchev–Trinajstić information content (AvgIpc) is 3.26. The number of fused-ring (bicyclic) bond motifs is 1. The van der Waals surface area contributed by atoms with E-state index in [-0.39, 0.29) is 23.6 Å². The smallest absolute Gasteiger partial charge is 0.280 e. The van der Waals surface area contributed by atoms with Gasteiger partial charge in [0.25, 0.3) is 11.8 Å². The largest absolute Gasteiger partial charge is 0.343 e. The Morgan fingerprint density at radius 3 is 2.97 bits per heavy atom. The summed E-state index contributed by atoms with van der Waals surface area (Å²) in [4.78, 5) is 23.0. The molecule has 2 aromatic heterocycles. The van der Waals surface area contributed by atoms with Crippen LogP contribution >= 0.6 is 0 Å². The molecule has 1 aliphatic heterocycles. The molecular weight excluding hydrogens is 387 g/mol. The van der Waals surface area contributed by atoms with Crippen LogP contribution in [0.15, 0.2) is 42.7 Å². The number of alkyl halides is 2. The van der Waals surface area contributed by atoms with Crippen molar-refractivity contribution in [1.82, 2.24) is 20.1 Å². The van der Waals surface area contributed by atoms with E-state index in [1.807, 2.05) is 0 Å². The Morgan fingerprint density at radius 2 is 2.21 bits per heavy atom. The van der Waals surface area contributed by atoms with Crippen molar-refractivity contribution in [3.8, 4) is 0 Å².